The topological polar surface area (TPSA) is 95.5 Å². The average Bonchev–Trinajstić information content (AvgIpc) is 3.27. The first-order chi connectivity index (χ1) is 13.2. The van der Waals surface area contributed by atoms with Gasteiger partial charge in [-0.25, -0.2) is 0 Å². The summed E-state index contributed by atoms with van der Waals surface area (Å²) in [5.41, 5.74) is 0.655. The summed E-state index contributed by atoms with van der Waals surface area (Å²) in [5, 5.41) is 14.1. The van der Waals surface area contributed by atoms with Crippen LogP contribution in [0.25, 0.3) is 10.9 Å². The van der Waals surface area contributed by atoms with E-state index in [0.717, 1.165) is 19.4 Å². The zero-order valence-corrected chi connectivity index (χ0v) is 15.1. The number of piperidine rings is 1. The van der Waals surface area contributed by atoms with Crippen LogP contribution in [0.15, 0.2) is 18.2 Å². The van der Waals surface area contributed by atoms with Crippen LogP contribution in [0, 0.1) is 11.8 Å². The number of fused-ring (bicyclic) bond motifs is 3. The van der Waals surface area contributed by atoms with Crippen LogP contribution >= 0.6 is 0 Å². The lowest BCUT2D eigenvalue weighted by Crippen LogP contribution is -2.32. The number of carbonyl (C=O) groups is 2. The number of carbonyl (C=O) groups excluding carboxylic acids is 1. The van der Waals surface area contributed by atoms with Gasteiger partial charge in [-0.3, -0.25) is 14.7 Å². The zero-order valence-electron chi connectivity index (χ0n) is 15.1. The Morgan fingerprint density at radius 2 is 2.14 bits per heavy atom. The van der Waals surface area contributed by atoms with E-state index in [-0.39, 0.29) is 18.0 Å². The molecule has 2 heterocycles. The quantitative estimate of drug-likeness (QED) is 0.606. The van der Waals surface area contributed by atoms with Gasteiger partial charge in [0.25, 0.3) is 6.47 Å². The van der Waals surface area contributed by atoms with Gasteiger partial charge in [0.15, 0.2) is 5.78 Å². The molecule has 10 heteroatoms. The largest absolute Gasteiger partial charge is 0.573 e. The number of hydrogen-bond acceptors (Lipinski definition) is 5. The van der Waals surface area contributed by atoms with Gasteiger partial charge in [-0.15, -0.1) is 13.2 Å². The van der Waals surface area contributed by atoms with Gasteiger partial charge in [-0.1, -0.05) is 0 Å². The molecule has 1 saturated heterocycles. The number of benzene rings is 1. The first kappa shape index (κ1) is 20.1. The van der Waals surface area contributed by atoms with E-state index in [2.05, 4.69) is 26.9 Å². The summed E-state index contributed by atoms with van der Waals surface area (Å²) < 4.78 is 40.8. The van der Waals surface area contributed by atoms with Crippen molar-refractivity contribution < 1.29 is 32.6 Å². The number of ether oxygens (including phenoxy) is 1. The van der Waals surface area contributed by atoms with E-state index in [9.17, 15) is 18.0 Å². The standard InChI is InChI=1S/C17H18F3N3O2.CH2O2/c1-23-8-10-5-11(23)4-9(10)6-15(24)16-13-3-2-12(25-17(18,19)20)7-14(13)21-22-16;2-1-3/h2-3,7,9-11H,4-6,8H2,1H3,(H,21,22);1H,(H,2,3). The second kappa shape index (κ2) is 7.78. The number of likely N-dealkylation sites (tertiary alicyclic amines) is 1. The Kier molecular flexibility index (Phi) is 5.59. The van der Waals surface area contributed by atoms with Gasteiger partial charge >= 0.3 is 6.36 Å². The molecule has 0 spiro atoms. The summed E-state index contributed by atoms with van der Waals surface area (Å²) in [6.07, 6.45) is -2.14. The van der Waals surface area contributed by atoms with Gasteiger partial charge in [-0.05, 0) is 43.9 Å². The van der Waals surface area contributed by atoms with Crippen molar-refractivity contribution in [2.75, 3.05) is 13.6 Å². The minimum atomic E-state index is -4.75. The first-order valence-corrected chi connectivity index (χ1v) is 8.77. The molecule has 2 aromatic rings. The Morgan fingerprint density at radius 3 is 2.71 bits per heavy atom. The number of alkyl halides is 3. The minimum Gasteiger partial charge on any atom is -0.483 e. The maximum absolute atomic E-state index is 12.6. The number of carboxylic acid groups (broad SMARTS) is 1. The molecule has 3 atom stereocenters. The van der Waals surface area contributed by atoms with E-state index in [1.807, 2.05) is 0 Å². The molecule has 1 saturated carbocycles. The van der Waals surface area contributed by atoms with E-state index < -0.39 is 6.36 Å². The normalized spacial score (nSPS) is 24.1. The lowest BCUT2D eigenvalue weighted by Gasteiger charge is -2.27. The third-order valence-corrected chi connectivity index (χ3v) is 5.44. The van der Waals surface area contributed by atoms with Gasteiger partial charge in [0, 0.05) is 30.5 Å². The lowest BCUT2D eigenvalue weighted by molar-refractivity contribution is -0.274. The maximum Gasteiger partial charge on any atom is 0.573 e. The zero-order chi connectivity index (χ0) is 20.5. The molecule has 2 bridgehead atoms. The third kappa shape index (κ3) is 4.27. The average molecular weight is 399 g/mol. The van der Waals surface area contributed by atoms with Gasteiger partial charge in [-0.2, -0.15) is 5.10 Å². The number of H-pyrrole nitrogens is 1. The molecular formula is C18H20F3N3O4. The summed E-state index contributed by atoms with van der Waals surface area (Å²) in [6, 6.07) is 4.43. The number of nitrogens with one attached hydrogen (secondary N) is 1. The van der Waals surface area contributed by atoms with Crippen molar-refractivity contribution in [3.63, 3.8) is 0 Å². The van der Waals surface area contributed by atoms with Crippen LogP contribution in [0.4, 0.5) is 13.2 Å². The fraction of sp³-hybridized carbons (Fsp3) is 0.500. The molecule has 1 aliphatic heterocycles. The second-order valence-corrected chi connectivity index (χ2v) is 7.15. The molecule has 1 aromatic carbocycles. The Balaban J connectivity index is 0.000000706. The van der Waals surface area contributed by atoms with E-state index in [1.54, 1.807) is 0 Å². The van der Waals surface area contributed by atoms with Crippen molar-refractivity contribution in [1.82, 2.24) is 15.1 Å². The Bertz CT molecular complexity index is 865. The van der Waals surface area contributed by atoms with E-state index in [4.69, 9.17) is 9.90 Å². The molecule has 2 fully saturated rings. The number of nitrogens with zero attached hydrogens (tertiary/aromatic N) is 2. The van der Waals surface area contributed by atoms with Crippen LogP contribution in [0.5, 0.6) is 5.75 Å². The van der Waals surface area contributed by atoms with Crippen molar-refractivity contribution in [1.29, 1.82) is 0 Å². The number of aromatic nitrogens is 2. The molecule has 1 aliphatic carbocycles. The van der Waals surface area contributed by atoms with E-state index in [0.29, 0.717) is 40.9 Å². The summed E-state index contributed by atoms with van der Waals surface area (Å²) in [6.45, 7) is 0.780. The maximum atomic E-state index is 12.6. The number of aromatic amines is 1. The number of halogens is 3. The van der Waals surface area contributed by atoms with Crippen molar-refractivity contribution in [3.05, 3.63) is 23.9 Å². The van der Waals surface area contributed by atoms with Crippen LogP contribution < -0.4 is 4.74 Å². The molecule has 28 heavy (non-hydrogen) atoms. The van der Waals surface area contributed by atoms with Crippen molar-refractivity contribution >= 4 is 23.2 Å². The van der Waals surface area contributed by atoms with Gasteiger partial charge in [0.05, 0.1) is 5.52 Å². The van der Waals surface area contributed by atoms with Gasteiger partial charge < -0.3 is 14.7 Å². The lowest BCUT2D eigenvalue weighted by atomic mass is 9.89. The van der Waals surface area contributed by atoms with Crippen molar-refractivity contribution in [3.8, 4) is 5.75 Å². The SMILES string of the molecule is CN1CC2CC1CC2CC(=O)c1n[nH]c2cc(OC(F)(F)F)ccc12.O=CO. The third-order valence-electron chi connectivity index (χ3n) is 5.44. The summed E-state index contributed by atoms with van der Waals surface area (Å²) in [5.74, 6) is 0.527. The molecule has 2 N–H and O–H groups in total. The Hall–Kier alpha value is -2.62. The van der Waals surface area contributed by atoms with Crippen molar-refractivity contribution in [2.24, 2.45) is 11.8 Å². The van der Waals surface area contributed by atoms with E-state index >= 15 is 0 Å². The highest BCUT2D eigenvalue weighted by molar-refractivity contribution is 6.06. The van der Waals surface area contributed by atoms with Crippen LogP contribution in [-0.4, -0.2) is 58.5 Å². The fourth-order valence-corrected chi connectivity index (χ4v) is 4.28. The van der Waals surface area contributed by atoms with Crippen LogP contribution in [-0.2, 0) is 4.79 Å². The molecule has 4 rings (SSSR count). The summed E-state index contributed by atoms with van der Waals surface area (Å²) >= 11 is 0. The highest BCUT2D eigenvalue weighted by Crippen LogP contribution is 2.43. The molecule has 2 aliphatic rings. The molecular weight excluding hydrogens is 379 g/mol. The molecule has 0 radical (unpaired) electrons. The summed E-state index contributed by atoms with van der Waals surface area (Å²) in [4.78, 5) is 23.3. The van der Waals surface area contributed by atoms with E-state index in [1.165, 1.54) is 18.2 Å². The van der Waals surface area contributed by atoms with Crippen LogP contribution in [0.2, 0.25) is 0 Å². The van der Waals surface area contributed by atoms with Crippen LogP contribution in [0.1, 0.15) is 29.8 Å². The van der Waals surface area contributed by atoms with Gasteiger partial charge in [0.2, 0.25) is 0 Å². The second-order valence-electron chi connectivity index (χ2n) is 7.15. The fourth-order valence-electron chi connectivity index (χ4n) is 4.28. The smallest absolute Gasteiger partial charge is 0.483 e. The number of Topliss-reactive ketones (excluding diaryl/α,β-unsaturated/α-hetero) is 1. The molecule has 7 nitrogen and oxygen atoms in total. The molecule has 3 unspecified atom stereocenters. The minimum absolute atomic E-state index is 0.0593. The number of ketones is 1. The summed E-state index contributed by atoms with van der Waals surface area (Å²) in [7, 11) is 2.12. The predicted octanol–water partition coefficient (Wildman–Crippen LogP) is 3.08. The van der Waals surface area contributed by atoms with Crippen molar-refractivity contribution in [2.45, 2.75) is 31.7 Å². The van der Waals surface area contributed by atoms with Gasteiger partial charge in [0.1, 0.15) is 11.4 Å². The van der Waals surface area contributed by atoms with Crippen LogP contribution in [0.3, 0.4) is 0 Å². The highest BCUT2D eigenvalue weighted by Gasteiger charge is 2.43. The Morgan fingerprint density at radius 1 is 1.43 bits per heavy atom. The number of rotatable bonds is 4. The first-order valence-electron chi connectivity index (χ1n) is 8.77. The molecule has 152 valence electrons. The molecule has 1 aromatic heterocycles. The highest BCUT2D eigenvalue weighted by atomic mass is 19.4. The monoisotopic (exact) mass is 399 g/mol. The number of hydrogen-bond donors (Lipinski definition) is 2. The Labute approximate surface area is 158 Å². The molecule has 0 amide bonds. The predicted molar refractivity (Wildman–Crippen MR) is 93.0 cm³/mol.